The van der Waals surface area contributed by atoms with E-state index in [0.29, 0.717) is 22.0 Å². The molecule has 1 unspecified atom stereocenters. The number of halogens is 2. The summed E-state index contributed by atoms with van der Waals surface area (Å²) in [6.07, 6.45) is 0.531. The molecule has 1 N–H and O–H groups in total. The van der Waals surface area contributed by atoms with E-state index in [1.807, 2.05) is 13.0 Å². The monoisotopic (exact) mass is 302 g/mol. The molecule has 0 spiro atoms. The quantitative estimate of drug-likeness (QED) is 0.880. The molecule has 0 aromatic heterocycles. The third kappa shape index (κ3) is 2.40. The molecule has 0 saturated carbocycles. The van der Waals surface area contributed by atoms with Gasteiger partial charge in [0.2, 0.25) is 5.12 Å². The minimum absolute atomic E-state index is 0.0740. The van der Waals surface area contributed by atoms with Crippen LogP contribution < -0.4 is 0 Å². The maximum Gasteiger partial charge on any atom is 0.219 e. The molecule has 2 nitrogen and oxygen atoms in total. The van der Waals surface area contributed by atoms with Crippen LogP contribution >= 0.6 is 35.0 Å². The molecule has 0 bridgehead atoms. The van der Waals surface area contributed by atoms with E-state index >= 15 is 0 Å². The fraction of sp³-hybridized carbons (Fsp3) is 0.308. The summed E-state index contributed by atoms with van der Waals surface area (Å²) in [5.41, 5.74) is 1.37. The van der Waals surface area contributed by atoms with Gasteiger partial charge in [0, 0.05) is 5.57 Å². The van der Waals surface area contributed by atoms with Gasteiger partial charge >= 0.3 is 0 Å². The molecule has 5 heteroatoms. The second kappa shape index (κ2) is 4.80. The van der Waals surface area contributed by atoms with E-state index in [9.17, 15) is 9.90 Å². The minimum Gasteiger partial charge on any atom is -0.510 e. The van der Waals surface area contributed by atoms with Crippen molar-refractivity contribution in [2.45, 2.75) is 25.0 Å². The van der Waals surface area contributed by atoms with E-state index in [2.05, 4.69) is 0 Å². The number of rotatable bonds is 2. The van der Waals surface area contributed by atoms with Crippen molar-refractivity contribution in [3.8, 4) is 0 Å². The smallest absolute Gasteiger partial charge is 0.219 e. The van der Waals surface area contributed by atoms with Gasteiger partial charge in [0.25, 0.3) is 0 Å². The number of benzene rings is 1. The average Bonchev–Trinajstić information content (AvgIpc) is 2.48. The van der Waals surface area contributed by atoms with Crippen molar-refractivity contribution in [3.63, 3.8) is 0 Å². The third-order valence-electron chi connectivity index (χ3n) is 3.01. The molecule has 0 aliphatic carbocycles. The van der Waals surface area contributed by atoms with Crippen molar-refractivity contribution in [1.82, 2.24) is 0 Å². The van der Waals surface area contributed by atoms with Crippen LogP contribution in [0, 0.1) is 0 Å². The van der Waals surface area contributed by atoms with Gasteiger partial charge in [-0.05, 0) is 38.0 Å². The highest BCUT2D eigenvalue weighted by molar-refractivity contribution is 8.15. The first kappa shape index (κ1) is 13.8. The topological polar surface area (TPSA) is 37.3 Å². The lowest BCUT2D eigenvalue weighted by molar-refractivity contribution is -0.107. The molecule has 96 valence electrons. The van der Waals surface area contributed by atoms with Gasteiger partial charge in [-0.1, -0.05) is 41.0 Å². The molecule has 0 saturated heterocycles. The summed E-state index contributed by atoms with van der Waals surface area (Å²) in [5, 5.41) is 11.0. The number of thioether (sulfide) groups is 1. The van der Waals surface area contributed by atoms with Crippen molar-refractivity contribution in [1.29, 1.82) is 0 Å². The van der Waals surface area contributed by atoms with Crippen molar-refractivity contribution < 1.29 is 9.90 Å². The summed E-state index contributed by atoms with van der Waals surface area (Å²) in [6.45, 7) is 3.49. The Balaban J connectivity index is 2.29. The van der Waals surface area contributed by atoms with Gasteiger partial charge in [-0.25, -0.2) is 0 Å². The fourth-order valence-corrected chi connectivity index (χ4v) is 3.45. The highest BCUT2D eigenvalue weighted by Crippen LogP contribution is 2.44. The number of aliphatic hydroxyl groups is 1. The Kier molecular flexibility index (Phi) is 3.67. The van der Waals surface area contributed by atoms with Crippen LogP contribution in [0.25, 0.3) is 0 Å². The van der Waals surface area contributed by atoms with E-state index in [0.717, 1.165) is 17.3 Å². The number of carbonyl (C=O) groups is 1. The second-order valence-corrected chi connectivity index (χ2v) is 6.81. The van der Waals surface area contributed by atoms with Crippen LogP contribution in [0.15, 0.2) is 29.5 Å². The van der Waals surface area contributed by atoms with Crippen LogP contribution in [0.1, 0.15) is 19.4 Å². The summed E-state index contributed by atoms with van der Waals surface area (Å²) in [4.78, 5) is 11.6. The molecule has 1 aliphatic heterocycles. The van der Waals surface area contributed by atoms with Gasteiger partial charge in [0.1, 0.15) is 5.76 Å². The number of carbonyl (C=O) groups excluding carboxylic acids is 1. The van der Waals surface area contributed by atoms with E-state index in [-0.39, 0.29) is 10.9 Å². The molecular formula is C13H12Cl2O2S. The van der Waals surface area contributed by atoms with Crippen molar-refractivity contribution in [2.24, 2.45) is 0 Å². The Morgan fingerprint density at radius 3 is 2.50 bits per heavy atom. The largest absolute Gasteiger partial charge is 0.510 e. The van der Waals surface area contributed by atoms with E-state index in [1.54, 1.807) is 19.1 Å². The van der Waals surface area contributed by atoms with Gasteiger partial charge in [0.15, 0.2) is 0 Å². The second-order valence-electron chi connectivity index (χ2n) is 4.52. The summed E-state index contributed by atoms with van der Waals surface area (Å²) in [6, 6.07) is 5.34. The fourth-order valence-electron chi connectivity index (χ4n) is 1.98. The predicted molar refractivity (Wildman–Crippen MR) is 76.5 cm³/mol. The zero-order valence-corrected chi connectivity index (χ0v) is 12.3. The maximum atomic E-state index is 11.6. The lowest BCUT2D eigenvalue weighted by atomic mass is 9.96. The van der Waals surface area contributed by atoms with Crippen LogP contribution in [0.4, 0.5) is 0 Å². The molecule has 1 aromatic rings. The van der Waals surface area contributed by atoms with E-state index in [4.69, 9.17) is 23.2 Å². The standard InChI is InChI=1S/C13H12Cl2O2S/c1-7-11(16)13(2,18-12(7)17)6-8-3-4-9(14)10(15)5-8/h3-5,16H,6H2,1-2H3. The third-order valence-corrected chi connectivity index (χ3v) is 5.02. The highest BCUT2D eigenvalue weighted by Gasteiger charge is 2.41. The van der Waals surface area contributed by atoms with Crippen LogP contribution in [0.3, 0.4) is 0 Å². The van der Waals surface area contributed by atoms with Gasteiger partial charge in [0.05, 0.1) is 14.8 Å². The van der Waals surface area contributed by atoms with Crippen molar-refractivity contribution >= 4 is 40.1 Å². The van der Waals surface area contributed by atoms with Crippen LogP contribution in [-0.4, -0.2) is 15.0 Å². The average molecular weight is 303 g/mol. The van der Waals surface area contributed by atoms with Gasteiger partial charge < -0.3 is 5.11 Å². The Morgan fingerprint density at radius 2 is 2.00 bits per heavy atom. The Morgan fingerprint density at radius 1 is 1.33 bits per heavy atom. The SMILES string of the molecule is CC1=C(O)C(C)(Cc2ccc(Cl)c(Cl)c2)SC1=O. The number of hydrogen-bond donors (Lipinski definition) is 1. The minimum atomic E-state index is -0.613. The normalized spacial score (nSPS) is 23.9. The Labute approximate surface area is 120 Å². The van der Waals surface area contributed by atoms with Crippen LogP contribution in [-0.2, 0) is 11.2 Å². The lowest BCUT2D eigenvalue weighted by Gasteiger charge is -2.22. The maximum absolute atomic E-state index is 11.6. The van der Waals surface area contributed by atoms with Crippen molar-refractivity contribution in [2.75, 3.05) is 0 Å². The molecule has 1 aliphatic rings. The van der Waals surface area contributed by atoms with E-state index < -0.39 is 4.75 Å². The van der Waals surface area contributed by atoms with Gasteiger partial charge in [-0.15, -0.1) is 0 Å². The van der Waals surface area contributed by atoms with Gasteiger partial charge in [-0.2, -0.15) is 0 Å². The van der Waals surface area contributed by atoms with Crippen LogP contribution in [0.2, 0.25) is 10.0 Å². The zero-order valence-electron chi connectivity index (χ0n) is 9.96. The molecule has 2 rings (SSSR count). The molecular weight excluding hydrogens is 291 g/mol. The first-order valence-corrected chi connectivity index (χ1v) is 6.98. The van der Waals surface area contributed by atoms with Gasteiger partial charge in [-0.3, -0.25) is 4.79 Å². The predicted octanol–water partition coefficient (Wildman–Crippen LogP) is 4.40. The zero-order chi connectivity index (χ0) is 13.5. The molecule has 1 aromatic carbocycles. The summed E-state index contributed by atoms with van der Waals surface area (Å²) in [5.74, 6) is 0.156. The summed E-state index contributed by atoms with van der Waals surface area (Å²) < 4.78 is -0.613. The van der Waals surface area contributed by atoms with Crippen LogP contribution in [0.5, 0.6) is 0 Å². The Hall–Kier alpha value is -0.640. The number of hydrogen-bond acceptors (Lipinski definition) is 3. The summed E-state index contributed by atoms with van der Waals surface area (Å²) >= 11 is 13.0. The van der Waals surface area contributed by atoms with Crippen molar-refractivity contribution in [3.05, 3.63) is 45.1 Å². The number of aliphatic hydroxyl groups excluding tert-OH is 1. The first-order chi connectivity index (χ1) is 8.33. The molecule has 0 fully saturated rings. The Bertz CT molecular complexity index is 554. The molecule has 0 amide bonds. The highest BCUT2D eigenvalue weighted by atomic mass is 35.5. The lowest BCUT2D eigenvalue weighted by Crippen LogP contribution is -2.23. The first-order valence-electron chi connectivity index (χ1n) is 5.41. The molecule has 1 heterocycles. The van der Waals surface area contributed by atoms with E-state index in [1.165, 1.54) is 0 Å². The molecule has 18 heavy (non-hydrogen) atoms. The molecule has 1 atom stereocenters. The summed E-state index contributed by atoms with van der Waals surface area (Å²) in [7, 11) is 0. The molecule has 0 radical (unpaired) electrons.